The van der Waals surface area contributed by atoms with E-state index < -0.39 is 17.0 Å². The molecule has 2 aromatic carbocycles. The molecule has 0 unspecified atom stereocenters. The van der Waals surface area contributed by atoms with Gasteiger partial charge in [-0.1, -0.05) is 30.0 Å². The predicted molar refractivity (Wildman–Crippen MR) is 112 cm³/mol. The first-order chi connectivity index (χ1) is 14.2. The molecule has 1 atom stereocenters. The van der Waals surface area contributed by atoms with Gasteiger partial charge in [-0.15, -0.1) is 0 Å². The fraction of sp³-hybridized carbons (Fsp3) is 0.286. The number of benzene rings is 2. The molecule has 1 saturated heterocycles. The largest absolute Gasteiger partial charge is 0.416 e. The van der Waals surface area contributed by atoms with Crippen LogP contribution in [0, 0.1) is 6.92 Å². The molecule has 158 valence electrons. The molecular formula is C21H20F3N3O2S. The Hall–Kier alpha value is -2.81. The molecule has 0 saturated carbocycles. The maximum Gasteiger partial charge on any atom is 0.416 e. The SMILES string of the molecule is CCN1C(=O)[C@H](CC(=O)Nc2cccc(C)c2)SC1=Nc1cccc(C(F)(F)F)c1. The fourth-order valence-corrected chi connectivity index (χ4v) is 4.20. The van der Waals surface area contributed by atoms with Crippen molar-refractivity contribution in [1.29, 1.82) is 0 Å². The normalized spacial score (nSPS) is 18.2. The van der Waals surface area contributed by atoms with Crippen molar-refractivity contribution >= 4 is 40.1 Å². The van der Waals surface area contributed by atoms with Crippen molar-refractivity contribution in [2.24, 2.45) is 4.99 Å². The Morgan fingerprint density at radius 3 is 2.60 bits per heavy atom. The minimum absolute atomic E-state index is 0.0600. The number of alkyl halides is 3. The summed E-state index contributed by atoms with van der Waals surface area (Å²) in [7, 11) is 0. The topological polar surface area (TPSA) is 61.8 Å². The van der Waals surface area contributed by atoms with Crippen LogP contribution in [0.15, 0.2) is 53.5 Å². The molecule has 2 amide bonds. The number of hydrogen-bond donors (Lipinski definition) is 1. The molecule has 2 aromatic rings. The minimum Gasteiger partial charge on any atom is -0.326 e. The van der Waals surface area contributed by atoms with Crippen LogP contribution in [0.1, 0.15) is 24.5 Å². The third-order valence-electron chi connectivity index (χ3n) is 4.41. The van der Waals surface area contributed by atoms with Crippen LogP contribution < -0.4 is 5.32 Å². The lowest BCUT2D eigenvalue weighted by Crippen LogP contribution is -2.33. The van der Waals surface area contributed by atoms with Crippen LogP contribution in [0.4, 0.5) is 24.5 Å². The second kappa shape index (κ2) is 8.91. The Morgan fingerprint density at radius 1 is 1.20 bits per heavy atom. The highest BCUT2D eigenvalue weighted by atomic mass is 32.2. The minimum atomic E-state index is -4.48. The molecule has 5 nitrogen and oxygen atoms in total. The molecule has 3 rings (SSSR count). The van der Waals surface area contributed by atoms with Crippen molar-refractivity contribution < 1.29 is 22.8 Å². The van der Waals surface area contributed by atoms with Gasteiger partial charge in [0.25, 0.3) is 0 Å². The number of halogens is 3. The fourth-order valence-electron chi connectivity index (χ4n) is 2.98. The van der Waals surface area contributed by atoms with E-state index in [-0.39, 0.29) is 29.1 Å². The first kappa shape index (κ1) is 21.9. The van der Waals surface area contributed by atoms with E-state index >= 15 is 0 Å². The van der Waals surface area contributed by atoms with Crippen LogP contribution in [0.25, 0.3) is 0 Å². The Morgan fingerprint density at radius 2 is 1.93 bits per heavy atom. The number of anilines is 1. The average molecular weight is 435 g/mol. The number of amides is 2. The Balaban J connectivity index is 1.75. The van der Waals surface area contributed by atoms with E-state index in [9.17, 15) is 22.8 Å². The molecular weight excluding hydrogens is 415 g/mol. The second-order valence-corrected chi connectivity index (χ2v) is 7.92. The van der Waals surface area contributed by atoms with Gasteiger partial charge in [-0.05, 0) is 49.7 Å². The Bertz CT molecular complexity index is 991. The first-order valence-electron chi connectivity index (χ1n) is 9.28. The van der Waals surface area contributed by atoms with E-state index in [2.05, 4.69) is 10.3 Å². The summed E-state index contributed by atoms with van der Waals surface area (Å²) in [4.78, 5) is 30.7. The molecule has 0 bridgehead atoms. The number of carbonyl (C=O) groups excluding carboxylic acids is 2. The van der Waals surface area contributed by atoms with Crippen LogP contribution in [0.2, 0.25) is 0 Å². The van der Waals surface area contributed by atoms with Gasteiger partial charge in [-0.2, -0.15) is 13.2 Å². The number of amidine groups is 1. The molecule has 0 aromatic heterocycles. The van der Waals surface area contributed by atoms with Gasteiger partial charge in [0.2, 0.25) is 11.8 Å². The summed E-state index contributed by atoms with van der Waals surface area (Å²) < 4.78 is 38.8. The van der Waals surface area contributed by atoms with Gasteiger partial charge in [0, 0.05) is 18.7 Å². The van der Waals surface area contributed by atoms with Gasteiger partial charge < -0.3 is 5.32 Å². The van der Waals surface area contributed by atoms with Gasteiger partial charge in [0.1, 0.15) is 5.25 Å². The number of carbonyl (C=O) groups is 2. The molecule has 0 spiro atoms. The van der Waals surface area contributed by atoms with Gasteiger partial charge in [-0.3, -0.25) is 14.5 Å². The van der Waals surface area contributed by atoms with Crippen LogP contribution >= 0.6 is 11.8 Å². The number of thioether (sulfide) groups is 1. The molecule has 0 aliphatic carbocycles. The number of rotatable bonds is 5. The zero-order valence-electron chi connectivity index (χ0n) is 16.4. The number of aryl methyl sites for hydroxylation is 1. The number of nitrogens with one attached hydrogen (secondary N) is 1. The Kier molecular flexibility index (Phi) is 6.50. The molecule has 0 radical (unpaired) electrons. The maximum atomic E-state index is 12.9. The molecule has 1 heterocycles. The third kappa shape index (κ3) is 5.21. The highest BCUT2D eigenvalue weighted by Crippen LogP contribution is 2.34. The summed E-state index contributed by atoms with van der Waals surface area (Å²) in [6, 6.07) is 11.9. The number of hydrogen-bond acceptors (Lipinski definition) is 4. The third-order valence-corrected chi connectivity index (χ3v) is 5.58. The van der Waals surface area contributed by atoms with Crippen LogP contribution in [0.5, 0.6) is 0 Å². The van der Waals surface area contributed by atoms with Crippen LogP contribution in [-0.4, -0.2) is 33.7 Å². The maximum absolute atomic E-state index is 12.9. The molecule has 9 heteroatoms. The van der Waals surface area contributed by atoms with Crippen LogP contribution in [-0.2, 0) is 15.8 Å². The molecule has 1 aliphatic heterocycles. The average Bonchev–Trinajstić information content (AvgIpc) is 2.95. The van der Waals surface area contributed by atoms with E-state index in [4.69, 9.17) is 0 Å². The van der Waals surface area contributed by atoms with Crippen molar-refractivity contribution in [2.75, 3.05) is 11.9 Å². The van der Waals surface area contributed by atoms with E-state index in [1.165, 1.54) is 17.0 Å². The summed E-state index contributed by atoms with van der Waals surface area (Å²) in [6.07, 6.45) is -4.54. The van der Waals surface area contributed by atoms with Gasteiger partial charge in [0.15, 0.2) is 5.17 Å². The van der Waals surface area contributed by atoms with E-state index in [1.807, 2.05) is 25.1 Å². The molecule has 30 heavy (non-hydrogen) atoms. The van der Waals surface area contributed by atoms with E-state index in [1.54, 1.807) is 13.0 Å². The highest BCUT2D eigenvalue weighted by molar-refractivity contribution is 8.15. The van der Waals surface area contributed by atoms with Crippen molar-refractivity contribution in [1.82, 2.24) is 4.90 Å². The van der Waals surface area contributed by atoms with Crippen molar-refractivity contribution in [3.63, 3.8) is 0 Å². The highest BCUT2D eigenvalue weighted by Gasteiger charge is 2.38. The molecule has 1 aliphatic rings. The van der Waals surface area contributed by atoms with Gasteiger partial charge >= 0.3 is 6.18 Å². The first-order valence-corrected chi connectivity index (χ1v) is 10.2. The van der Waals surface area contributed by atoms with E-state index in [0.29, 0.717) is 12.2 Å². The zero-order valence-corrected chi connectivity index (χ0v) is 17.2. The quantitative estimate of drug-likeness (QED) is 0.720. The number of aliphatic imine (C=N–C) groups is 1. The van der Waals surface area contributed by atoms with Crippen molar-refractivity contribution in [2.45, 2.75) is 31.7 Å². The van der Waals surface area contributed by atoms with Crippen LogP contribution in [0.3, 0.4) is 0 Å². The smallest absolute Gasteiger partial charge is 0.326 e. The lowest BCUT2D eigenvalue weighted by Gasteiger charge is -2.13. The molecule has 1 N–H and O–H groups in total. The lowest BCUT2D eigenvalue weighted by molar-refractivity contribution is -0.137. The zero-order chi connectivity index (χ0) is 21.9. The summed E-state index contributed by atoms with van der Waals surface area (Å²) in [5, 5.41) is 2.37. The van der Waals surface area contributed by atoms with Gasteiger partial charge in [0.05, 0.1) is 11.3 Å². The Labute approximate surface area is 176 Å². The standard InChI is InChI=1S/C21H20F3N3O2S/c1-3-27-19(29)17(12-18(28)25-15-8-4-6-13(2)10-15)30-20(27)26-16-9-5-7-14(11-16)21(22,23)24/h4-11,17H,3,12H2,1-2H3,(H,25,28)/t17-/m0/s1. The predicted octanol–water partition coefficient (Wildman–Crippen LogP) is 4.99. The van der Waals surface area contributed by atoms with Crippen molar-refractivity contribution in [3.8, 4) is 0 Å². The summed E-state index contributed by atoms with van der Waals surface area (Å²) in [5.74, 6) is -0.601. The summed E-state index contributed by atoms with van der Waals surface area (Å²) in [5.41, 5.74) is 0.923. The van der Waals surface area contributed by atoms with Gasteiger partial charge in [-0.25, -0.2) is 4.99 Å². The monoisotopic (exact) mass is 435 g/mol. The second-order valence-electron chi connectivity index (χ2n) is 6.75. The summed E-state index contributed by atoms with van der Waals surface area (Å²) >= 11 is 1.09. The molecule has 1 fully saturated rings. The summed E-state index contributed by atoms with van der Waals surface area (Å²) in [6.45, 7) is 3.95. The number of nitrogens with zero attached hydrogens (tertiary/aromatic N) is 2. The lowest BCUT2D eigenvalue weighted by atomic mass is 10.2. The van der Waals surface area contributed by atoms with E-state index in [0.717, 1.165) is 29.5 Å². The van der Waals surface area contributed by atoms with Crippen molar-refractivity contribution in [3.05, 3.63) is 59.7 Å².